The van der Waals surface area contributed by atoms with Gasteiger partial charge in [-0.2, -0.15) is 0 Å². The first-order valence-corrected chi connectivity index (χ1v) is 15.4. The predicted molar refractivity (Wildman–Crippen MR) is 112 cm³/mol. The summed E-state index contributed by atoms with van der Waals surface area (Å²) in [6, 6.07) is 6.62. The highest BCUT2D eigenvalue weighted by Gasteiger charge is 2.65. The van der Waals surface area contributed by atoms with Crippen LogP contribution in [0.1, 0.15) is 48.0 Å². The molecule has 0 radical (unpaired) electrons. The van der Waals surface area contributed by atoms with Crippen molar-refractivity contribution in [3.05, 3.63) is 12.2 Å². The number of nitrogens with two attached hydrogens (primary N) is 1. The van der Waals surface area contributed by atoms with E-state index in [1.54, 1.807) is 4.90 Å². The molecule has 6 heteroatoms. The van der Waals surface area contributed by atoms with Gasteiger partial charge in [-0.25, -0.2) is 0 Å². The molecule has 0 aliphatic carbocycles. The summed E-state index contributed by atoms with van der Waals surface area (Å²) in [6.45, 7) is 14.2. The van der Waals surface area contributed by atoms with E-state index in [1.807, 2.05) is 0 Å². The molecule has 25 heavy (non-hydrogen) atoms. The van der Waals surface area contributed by atoms with Crippen molar-refractivity contribution in [3.63, 3.8) is 0 Å². The molecular formula is C19H38N2O2Si2. The first-order valence-electron chi connectivity index (χ1n) is 10.1. The lowest BCUT2D eigenvalue weighted by Gasteiger charge is -2.62. The largest absolute Gasteiger partial charge is 0.330 e. The number of rotatable bonds is 11. The first-order chi connectivity index (χ1) is 11.9. The van der Waals surface area contributed by atoms with Crippen molar-refractivity contribution >= 4 is 28.0 Å². The third-order valence-corrected chi connectivity index (χ3v) is 23.3. The van der Waals surface area contributed by atoms with Crippen molar-refractivity contribution in [3.8, 4) is 0 Å². The van der Waals surface area contributed by atoms with Gasteiger partial charge in [-0.15, -0.1) is 0 Å². The van der Waals surface area contributed by atoms with Gasteiger partial charge in [0, 0.05) is 16.9 Å². The maximum atomic E-state index is 12.9. The second-order valence-electron chi connectivity index (χ2n) is 7.43. The van der Waals surface area contributed by atoms with Crippen LogP contribution < -0.4 is 5.73 Å². The Balaban J connectivity index is 3.90. The molecular weight excluding hydrogens is 344 g/mol. The van der Waals surface area contributed by atoms with Gasteiger partial charge in [0.25, 0.3) is 11.8 Å². The Bertz CT molecular complexity index is 457. The molecule has 0 aromatic rings. The highest BCUT2D eigenvalue weighted by Crippen LogP contribution is 2.50. The van der Waals surface area contributed by atoms with Crippen LogP contribution in [0.4, 0.5) is 0 Å². The van der Waals surface area contributed by atoms with Crippen molar-refractivity contribution < 1.29 is 9.59 Å². The molecule has 144 valence electrons. The average molecular weight is 383 g/mol. The first kappa shape index (κ1) is 22.3. The van der Waals surface area contributed by atoms with E-state index in [4.69, 9.17) is 5.73 Å². The summed E-state index contributed by atoms with van der Waals surface area (Å²) >= 11 is 0. The van der Waals surface area contributed by atoms with Crippen LogP contribution in [-0.4, -0.2) is 44.2 Å². The molecule has 0 aromatic carbocycles. The van der Waals surface area contributed by atoms with E-state index in [0.29, 0.717) is 6.54 Å². The van der Waals surface area contributed by atoms with E-state index in [0.717, 1.165) is 42.7 Å². The molecule has 0 spiro atoms. The average Bonchev–Trinajstić information content (AvgIpc) is 2.97. The zero-order valence-corrected chi connectivity index (χ0v) is 19.2. The highest BCUT2D eigenvalue weighted by atomic mass is 28.4. The third-order valence-electron chi connectivity index (χ3n) is 7.51. The van der Waals surface area contributed by atoms with Crippen LogP contribution in [0.15, 0.2) is 12.2 Å². The summed E-state index contributed by atoms with van der Waals surface area (Å²) < 4.78 is 0. The van der Waals surface area contributed by atoms with E-state index in [1.165, 1.54) is 12.2 Å². The normalized spacial score (nSPS) is 16.2. The van der Waals surface area contributed by atoms with E-state index >= 15 is 0 Å². The zero-order chi connectivity index (χ0) is 19.3. The molecule has 0 saturated carbocycles. The smallest absolute Gasteiger partial charge is 0.253 e. The molecule has 0 bridgehead atoms. The van der Waals surface area contributed by atoms with Gasteiger partial charge in [-0.1, -0.05) is 77.8 Å². The third kappa shape index (κ3) is 3.10. The molecule has 0 aromatic heterocycles. The van der Waals surface area contributed by atoms with Crippen molar-refractivity contribution in [1.29, 1.82) is 0 Å². The maximum Gasteiger partial charge on any atom is 0.253 e. The lowest BCUT2D eigenvalue weighted by atomic mass is 10.3. The number of carbonyl (C=O) groups excluding carboxylic acids is 2. The van der Waals surface area contributed by atoms with E-state index < -0.39 is 16.1 Å². The van der Waals surface area contributed by atoms with Gasteiger partial charge in [0.1, 0.15) is 0 Å². The molecule has 0 fully saturated rings. The van der Waals surface area contributed by atoms with Gasteiger partial charge in [0.05, 0.1) is 16.1 Å². The Hall–Kier alpha value is -0.726. The topological polar surface area (TPSA) is 63.4 Å². The fourth-order valence-corrected chi connectivity index (χ4v) is 22.8. The number of hydrogen-bond donors (Lipinski definition) is 1. The lowest BCUT2D eigenvalue weighted by molar-refractivity contribution is -0.139. The molecule has 1 rings (SSSR count). The molecule has 0 saturated heterocycles. The fraction of sp³-hybridized carbons (Fsp3) is 0.789. The van der Waals surface area contributed by atoms with Gasteiger partial charge in [-0.05, 0) is 13.0 Å². The van der Waals surface area contributed by atoms with Crippen LogP contribution in [0.2, 0.25) is 36.3 Å². The van der Waals surface area contributed by atoms with Gasteiger partial charge < -0.3 is 5.73 Å². The van der Waals surface area contributed by atoms with E-state index in [2.05, 4.69) is 41.5 Å². The Kier molecular flexibility index (Phi) is 7.83. The minimum atomic E-state index is -1.94. The van der Waals surface area contributed by atoms with Gasteiger partial charge in [-0.3, -0.25) is 14.5 Å². The molecule has 2 amide bonds. The molecule has 0 unspecified atom stereocenters. The van der Waals surface area contributed by atoms with Gasteiger partial charge in [0.15, 0.2) is 0 Å². The van der Waals surface area contributed by atoms with Crippen molar-refractivity contribution in [2.45, 2.75) is 89.0 Å². The SMILES string of the molecule is CC[Si](CC)(CC)C(CCN)(N1C(=O)C=CC1=O)[Si](CC)(CC)CC. The van der Waals surface area contributed by atoms with Gasteiger partial charge in [0.2, 0.25) is 0 Å². The summed E-state index contributed by atoms with van der Waals surface area (Å²) in [5.41, 5.74) is 6.17. The number of imide groups is 1. The monoisotopic (exact) mass is 382 g/mol. The molecule has 1 heterocycles. The van der Waals surface area contributed by atoms with Crippen molar-refractivity contribution in [2.24, 2.45) is 5.73 Å². The number of hydrogen-bond acceptors (Lipinski definition) is 3. The summed E-state index contributed by atoms with van der Waals surface area (Å²) in [7, 11) is -3.88. The number of carbonyl (C=O) groups is 2. The molecule has 2 N–H and O–H groups in total. The van der Waals surface area contributed by atoms with Crippen molar-refractivity contribution in [1.82, 2.24) is 4.90 Å². The van der Waals surface area contributed by atoms with Crippen LogP contribution in [0, 0.1) is 0 Å². The Morgan fingerprint density at radius 2 is 1.12 bits per heavy atom. The van der Waals surface area contributed by atoms with Crippen LogP contribution >= 0.6 is 0 Å². The quantitative estimate of drug-likeness (QED) is 0.432. The van der Waals surface area contributed by atoms with E-state index in [-0.39, 0.29) is 16.6 Å². The fourth-order valence-electron chi connectivity index (χ4n) is 5.92. The summed E-state index contributed by atoms with van der Waals surface area (Å²) in [5.74, 6) is -0.198. The predicted octanol–water partition coefficient (Wildman–Crippen LogP) is 4.09. The lowest BCUT2D eigenvalue weighted by Crippen LogP contribution is -2.80. The Morgan fingerprint density at radius 3 is 1.36 bits per heavy atom. The van der Waals surface area contributed by atoms with Crippen LogP contribution in [0.25, 0.3) is 0 Å². The van der Waals surface area contributed by atoms with Crippen LogP contribution in [-0.2, 0) is 9.59 Å². The molecule has 4 nitrogen and oxygen atoms in total. The molecule has 1 aliphatic heterocycles. The highest BCUT2D eigenvalue weighted by molar-refractivity contribution is 7.02. The zero-order valence-electron chi connectivity index (χ0n) is 17.2. The minimum absolute atomic E-state index is 0.0992. The van der Waals surface area contributed by atoms with Crippen LogP contribution in [0.3, 0.4) is 0 Å². The van der Waals surface area contributed by atoms with Crippen LogP contribution in [0.5, 0.6) is 0 Å². The van der Waals surface area contributed by atoms with Gasteiger partial charge >= 0.3 is 0 Å². The Labute approximate surface area is 156 Å². The second kappa shape index (κ2) is 8.78. The standard InChI is InChI=1S/C19H38N2O2Si2/c1-7-24(8-2,9-3)19(15-16-20,25(10-4,11-5)12-6)21-17(22)13-14-18(21)23/h13-14H,7-12,15-16,20H2,1-6H3. The second-order valence-corrected chi connectivity index (χ2v) is 18.9. The number of amides is 2. The maximum absolute atomic E-state index is 12.9. The minimum Gasteiger partial charge on any atom is -0.330 e. The summed E-state index contributed by atoms with van der Waals surface area (Å²) in [4.78, 5) is 27.3. The van der Waals surface area contributed by atoms with E-state index in [9.17, 15) is 9.59 Å². The Morgan fingerprint density at radius 1 is 0.800 bits per heavy atom. The van der Waals surface area contributed by atoms with Crippen molar-refractivity contribution in [2.75, 3.05) is 6.54 Å². The summed E-state index contributed by atoms with van der Waals surface area (Å²) in [5, 5.41) is 0. The summed E-state index contributed by atoms with van der Waals surface area (Å²) in [6.07, 6.45) is 3.75. The molecule has 0 atom stereocenters. The number of nitrogens with zero attached hydrogens (tertiary/aromatic N) is 1. The molecule has 1 aliphatic rings.